The summed E-state index contributed by atoms with van der Waals surface area (Å²) in [4.78, 5) is 0. The Balaban J connectivity index is 1.96. The van der Waals surface area contributed by atoms with Gasteiger partial charge in [0.2, 0.25) is 0 Å². The summed E-state index contributed by atoms with van der Waals surface area (Å²) in [6.45, 7) is 0. The molecule has 0 bridgehead atoms. The van der Waals surface area contributed by atoms with Crippen LogP contribution in [0.1, 0.15) is 23.1 Å². The lowest BCUT2D eigenvalue weighted by molar-refractivity contribution is 0.406. The minimum Gasteiger partial charge on any atom is -0.497 e. The third kappa shape index (κ3) is 2.63. The number of aryl methyl sites for hydroxylation is 1. The fourth-order valence-corrected chi connectivity index (χ4v) is 3.20. The van der Waals surface area contributed by atoms with Crippen LogP contribution in [0.15, 0.2) is 36.4 Å². The summed E-state index contributed by atoms with van der Waals surface area (Å²) >= 11 is 5.80. The van der Waals surface area contributed by atoms with Gasteiger partial charge in [0.25, 0.3) is 0 Å². The molecule has 3 rings (SSSR count). The lowest BCUT2D eigenvalue weighted by atomic mass is 9.86. The molecule has 1 aliphatic rings. The fraction of sp³-hybridized carbons (Fsp3) is 0.294. The first-order valence-corrected chi connectivity index (χ1v) is 7.30. The Kier molecular flexibility index (Phi) is 3.64. The van der Waals surface area contributed by atoms with Gasteiger partial charge in [0.15, 0.2) is 0 Å². The molecule has 0 fully saturated rings. The van der Waals surface area contributed by atoms with Gasteiger partial charge in [-0.05, 0) is 60.2 Å². The molecule has 110 valence electrons. The highest BCUT2D eigenvalue weighted by molar-refractivity contribution is 6.30. The zero-order valence-electron chi connectivity index (χ0n) is 11.8. The van der Waals surface area contributed by atoms with Gasteiger partial charge in [-0.25, -0.2) is 4.39 Å². The van der Waals surface area contributed by atoms with Gasteiger partial charge in [-0.1, -0.05) is 23.7 Å². The summed E-state index contributed by atoms with van der Waals surface area (Å²) in [6, 6.07) is 10.7. The zero-order chi connectivity index (χ0) is 15.0. The first-order valence-electron chi connectivity index (χ1n) is 6.92. The van der Waals surface area contributed by atoms with E-state index in [1.807, 2.05) is 18.2 Å². The average molecular weight is 306 g/mol. The molecule has 0 saturated heterocycles. The van der Waals surface area contributed by atoms with E-state index in [2.05, 4.69) is 0 Å². The Morgan fingerprint density at radius 3 is 2.81 bits per heavy atom. The van der Waals surface area contributed by atoms with Crippen LogP contribution in [0.4, 0.5) is 4.39 Å². The standard InChI is InChI=1S/C17H17ClFNO/c1-21-14-5-3-11-6-7-17(20,15(11)9-14)10-12-2-4-13(18)8-16(12)19/h2-5,8-9H,6-7,10,20H2,1H3. The summed E-state index contributed by atoms with van der Waals surface area (Å²) in [7, 11) is 1.63. The van der Waals surface area contributed by atoms with Crippen molar-refractivity contribution < 1.29 is 9.13 Å². The molecule has 1 aliphatic carbocycles. The van der Waals surface area contributed by atoms with Crippen LogP contribution >= 0.6 is 11.6 Å². The number of fused-ring (bicyclic) bond motifs is 1. The molecule has 4 heteroatoms. The maximum absolute atomic E-state index is 14.0. The Morgan fingerprint density at radius 1 is 1.29 bits per heavy atom. The second-order valence-corrected chi connectivity index (χ2v) is 6.03. The molecule has 2 nitrogen and oxygen atoms in total. The van der Waals surface area contributed by atoms with Crippen LogP contribution in [0.25, 0.3) is 0 Å². The summed E-state index contributed by atoms with van der Waals surface area (Å²) < 4.78 is 19.3. The molecule has 2 aromatic rings. The predicted molar refractivity (Wildman–Crippen MR) is 82.3 cm³/mol. The van der Waals surface area contributed by atoms with E-state index >= 15 is 0 Å². The quantitative estimate of drug-likeness (QED) is 0.935. The average Bonchev–Trinajstić information content (AvgIpc) is 2.79. The number of hydrogen-bond acceptors (Lipinski definition) is 2. The summed E-state index contributed by atoms with van der Waals surface area (Å²) in [5.41, 5.74) is 8.88. The predicted octanol–water partition coefficient (Wildman–Crippen LogP) is 3.83. The number of ether oxygens (including phenoxy) is 1. The molecular formula is C17H17ClFNO. The van der Waals surface area contributed by atoms with Gasteiger partial charge in [-0.3, -0.25) is 0 Å². The van der Waals surface area contributed by atoms with Crippen LogP contribution in [-0.2, 0) is 18.4 Å². The van der Waals surface area contributed by atoms with Crippen LogP contribution in [0.3, 0.4) is 0 Å². The molecule has 1 unspecified atom stereocenters. The highest BCUT2D eigenvalue weighted by Crippen LogP contribution is 2.39. The van der Waals surface area contributed by atoms with Crippen LogP contribution in [0, 0.1) is 5.82 Å². The number of hydrogen-bond donors (Lipinski definition) is 1. The van der Waals surface area contributed by atoms with Crippen molar-refractivity contribution in [3.63, 3.8) is 0 Å². The summed E-state index contributed by atoms with van der Waals surface area (Å²) in [5.74, 6) is 0.478. The molecule has 0 aliphatic heterocycles. The second-order valence-electron chi connectivity index (χ2n) is 5.59. The van der Waals surface area contributed by atoms with E-state index < -0.39 is 5.54 Å². The number of benzene rings is 2. The monoisotopic (exact) mass is 305 g/mol. The topological polar surface area (TPSA) is 35.2 Å². The van der Waals surface area contributed by atoms with E-state index in [-0.39, 0.29) is 5.82 Å². The highest BCUT2D eigenvalue weighted by Gasteiger charge is 2.36. The minimum absolute atomic E-state index is 0.302. The minimum atomic E-state index is -0.557. The lowest BCUT2D eigenvalue weighted by Crippen LogP contribution is -2.36. The van der Waals surface area contributed by atoms with Crippen molar-refractivity contribution in [3.8, 4) is 5.75 Å². The number of nitrogens with two attached hydrogens (primary N) is 1. The Labute approximate surface area is 128 Å². The molecule has 0 aromatic heterocycles. The summed E-state index contributed by atoms with van der Waals surface area (Å²) in [6.07, 6.45) is 2.17. The van der Waals surface area contributed by atoms with Crippen LogP contribution in [0.5, 0.6) is 5.75 Å². The van der Waals surface area contributed by atoms with Crippen molar-refractivity contribution in [2.24, 2.45) is 5.73 Å². The third-order valence-electron chi connectivity index (χ3n) is 4.21. The van der Waals surface area contributed by atoms with Gasteiger partial charge in [0.1, 0.15) is 11.6 Å². The van der Waals surface area contributed by atoms with Crippen LogP contribution < -0.4 is 10.5 Å². The number of rotatable bonds is 3. The van der Waals surface area contributed by atoms with E-state index in [0.717, 1.165) is 24.2 Å². The molecule has 0 amide bonds. The van der Waals surface area contributed by atoms with Gasteiger partial charge >= 0.3 is 0 Å². The third-order valence-corrected chi connectivity index (χ3v) is 4.45. The van der Waals surface area contributed by atoms with E-state index in [4.69, 9.17) is 22.1 Å². The highest BCUT2D eigenvalue weighted by atomic mass is 35.5. The van der Waals surface area contributed by atoms with Crippen molar-refractivity contribution in [1.29, 1.82) is 0 Å². The molecule has 0 heterocycles. The maximum atomic E-state index is 14.0. The molecule has 2 N–H and O–H groups in total. The first kappa shape index (κ1) is 14.4. The van der Waals surface area contributed by atoms with Crippen molar-refractivity contribution in [2.75, 3.05) is 7.11 Å². The molecule has 2 aromatic carbocycles. The van der Waals surface area contributed by atoms with Gasteiger partial charge < -0.3 is 10.5 Å². The molecule has 0 radical (unpaired) electrons. The molecule has 21 heavy (non-hydrogen) atoms. The number of halogens is 2. The smallest absolute Gasteiger partial charge is 0.127 e. The van der Waals surface area contributed by atoms with Crippen LogP contribution in [0.2, 0.25) is 5.02 Å². The van der Waals surface area contributed by atoms with Crippen molar-refractivity contribution in [3.05, 3.63) is 63.9 Å². The Morgan fingerprint density at radius 2 is 2.10 bits per heavy atom. The van der Waals surface area contributed by atoms with E-state index in [0.29, 0.717) is 17.0 Å². The summed E-state index contributed by atoms with van der Waals surface area (Å²) in [5, 5.41) is 0.399. The van der Waals surface area contributed by atoms with Gasteiger partial charge in [0.05, 0.1) is 7.11 Å². The normalized spacial score (nSPS) is 20.4. The van der Waals surface area contributed by atoms with Gasteiger partial charge in [-0.15, -0.1) is 0 Å². The van der Waals surface area contributed by atoms with Crippen molar-refractivity contribution in [2.45, 2.75) is 24.8 Å². The van der Waals surface area contributed by atoms with Gasteiger partial charge in [0, 0.05) is 10.6 Å². The van der Waals surface area contributed by atoms with E-state index in [9.17, 15) is 4.39 Å². The van der Waals surface area contributed by atoms with Crippen LogP contribution in [-0.4, -0.2) is 7.11 Å². The first-order chi connectivity index (χ1) is 10.0. The lowest BCUT2D eigenvalue weighted by Gasteiger charge is -2.26. The maximum Gasteiger partial charge on any atom is 0.127 e. The Bertz CT molecular complexity index is 688. The molecule has 0 spiro atoms. The SMILES string of the molecule is COc1ccc2c(c1)C(N)(Cc1ccc(Cl)cc1F)CC2. The largest absolute Gasteiger partial charge is 0.497 e. The van der Waals surface area contributed by atoms with Gasteiger partial charge in [-0.2, -0.15) is 0 Å². The second kappa shape index (κ2) is 5.32. The fourth-order valence-electron chi connectivity index (χ4n) is 3.04. The van der Waals surface area contributed by atoms with Crippen molar-refractivity contribution >= 4 is 11.6 Å². The molecule has 1 atom stereocenters. The molecule has 0 saturated carbocycles. The zero-order valence-corrected chi connectivity index (χ0v) is 12.6. The Hall–Kier alpha value is -1.58. The molecular weight excluding hydrogens is 289 g/mol. The van der Waals surface area contributed by atoms with E-state index in [1.54, 1.807) is 19.2 Å². The van der Waals surface area contributed by atoms with Crippen molar-refractivity contribution in [1.82, 2.24) is 0 Å². The van der Waals surface area contributed by atoms with E-state index in [1.165, 1.54) is 11.6 Å². The number of methoxy groups -OCH3 is 1.